The highest BCUT2D eigenvalue weighted by Gasteiger charge is 2.27. The van der Waals surface area contributed by atoms with Gasteiger partial charge in [0.15, 0.2) is 5.96 Å². The lowest BCUT2D eigenvalue weighted by Crippen LogP contribution is -2.40. The van der Waals surface area contributed by atoms with Crippen LogP contribution in [0.15, 0.2) is 29.5 Å². The van der Waals surface area contributed by atoms with E-state index in [0.29, 0.717) is 11.7 Å². The van der Waals surface area contributed by atoms with Crippen molar-refractivity contribution in [1.82, 2.24) is 20.0 Å². The first kappa shape index (κ1) is 20.8. The third kappa shape index (κ3) is 4.75. The highest BCUT2D eigenvalue weighted by atomic mass is 16.5. The Balaban J connectivity index is 1.61. The Hall–Kier alpha value is -2.90. The van der Waals surface area contributed by atoms with Crippen molar-refractivity contribution >= 4 is 5.96 Å². The van der Waals surface area contributed by atoms with Gasteiger partial charge in [-0.25, -0.2) is 0 Å². The standard InChI is InChI=1S/C21H31N5O3/c1-22-21(26-9-7-15(14-26)16-12-24-25(2)13-16)23-8-6-18-19(28-4)10-17(27-3)11-20(18)29-5/h10-13,15H,6-9,14H2,1-5H3,(H,22,23). The van der Waals surface area contributed by atoms with Crippen molar-refractivity contribution in [3.63, 3.8) is 0 Å². The molecule has 3 rings (SSSR count). The van der Waals surface area contributed by atoms with Gasteiger partial charge < -0.3 is 24.4 Å². The number of methoxy groups -OCH3 is 3. The SMILES string of the molecule is CN=C(NCCc1c(OC)cc(OC)cc1OC)N1CCC(c2cnn(C)c2)C1. The first-order chi connectivity index (χ1) is 14.1. The Morgan fingerprint density at radius 1 is 1.21 bits per heavy atom. The molecule has 8 heteroatoms. The zero-order valence-corrected chi connectivity index (χ0v) is 17.9. The topological polar surface area (TPSA) is 73.1 Å². The number of aryl methyl sites for hydroxylation is 1. The lowest BCUT2D eigenvalue weighted by Gasteiger charge is -2.22. The number of hydrogen-bond donors (Lipinski definition) is 1. The van der Waals surface area contributed by atoms with Gasteiger partial charge >= 0.3 is 0 Å². The first-order valence-electron chi connectivity index (χ1n) is 9.82. The molecular weight excluding hydrogens is 370 g/mol. The van der Waals surface area contributed by atoms with Crippen molar-refractivity contribution in [2.45, 2.75) is 18.8 Å². The summed E-state index contributed by atoms with van der Waals surface area (Å²) >= 11 is 0. The van der Waals surface area contributed by atoms with E-state index in [-0.39, 0.29) is 0 Å². The van der Waals surface area contributed by atoms with Gasteiger partial charge in [0.1, 0.15) is 17.2 Å². The van der Waals surface area contributed by atoms with Gasteiger partial charge in [-0.15, -0.1) is 0 Å². The van der Waals surface area contributed by atoms with E-state index in [1.165, 1.54) is 5.56 Å². The Bertz CT molecular complexity index is 824. The number of nitrogens with one attached hydrogen (secondary N) is 1. The van der Waals surface area contributed by atoms with E-state index in [4.69, 9.17) is 14.2 Å². The fourth-order valence-corrected chi connectivity index (χ4v) is 3.83. The van der Waals surface area contributed by atoms with Crippen molar-refractivity contribution in [2.75, 3.05) is 48.0 Å². The molecule has 0 aliphatic carbocycles. The minimum Gasteiger partial charge on any atom is -0.496 e. The quantitative estimate of drug-likeness (QED) is 0.566. The van der Waals surface area contributed by atoms with Gasteiger partial charge in [0.05, 0.1) is 27.5 Å². The molecule has 1 aliphatic heterocycles. The minimum atomic E-state index is 0.490. The Morgan fingerprint density at radius 3 is 2.48 bits per heavy atom. The minimum absolute atomic E-state index is 0.490. The van der Waals surface area contributed by atoms with E-state index in [1.807, 2.05) is 37.1 Å². The molecule has 1 unspecified atom stereocenters. The van der Waals surface area contributed by atoms with E-state index in [1.54, 1.807) is 21.3 Å². The second kappa shape index (κ2) is 9.54. The van der Waals surface area contributed by atoms with Crippen molar-refractivity contribution in [3.05, 3.63) is 35.7 Å². The molecule has 2 aromatic rings. The maximum Gasteiger partial charge on any atom is 0.193 e. The second-order valence-electron chi connectivity index (χ2n) is 7.11. The summed E-state index contributed by atoms with van der Waals surface area (Å²) in [6.07, 6.45) is 5.92. The summed E-state index contributed by atoms with van der Waals surface area (Å²) in [6, 6.07) is 3.76. The molecule has 0 bridgehead atoms. The van der Waals surface area contributed by atoms with Crippen LogP contribution in [0.5, 0.6) is 17.2 Å². The second-order valence-corrected chi connectivity index (χ2v) is 7.11. The normalized spacial score (nSPS) is 16.8. The van der Waals surface area contributed by atoms with E-state index in [2.05, 4.69) is 26.5 Å². The molecule has 1 atom stereocenters. The van der Waals surface area contributed by atoms with Crippen LogP contribution in [-0.2, 0) is 13.5 Å². The molecule has 0 radical (unpaired) electrons. The third-order valence-corrected chi connectivity index (χ3v) is 5.37. The first-order valence-corrected chi connectivity index (χ1v) is 9.82. The maximum absolute atomic E-state index is 5.54. The zero-order chi connectivity index (χ0) is 20.8. The smallest absolute Gasteiger partial charge is 0.193 e. The van der Waals surface area contributed by atoms with Crippen molar-refractivity contribution in [2.24, 2.45) is 12.0 Å². The molecule has 8 nitrogen and oxygen atoms in total. The van der Waals surface area contributed by atoms with Gasteiger partial charge in [0, 0.05) is 63.5 Å². The molecule has 0 spiro atoms. The fourth-order valence-electron chi connectivity index (χ4n) is 3.83. The molecule has 0 saturated carbocycles. The average molecular weight is 402 g/mol. The van der Waals surface area contributed by atoms with Crippen molar-refractivity contribution in [1.29, 1.82) is 0 Å². The number of hydrogen-bond acceptors (Lipinski definition) is 5. The molecule has 1 aliphatic rings. The molecule has 1 saturated heterocycles. The summed E-state index contributed by atoms with van der Waals surface area (Å²) in [7, 11) is 8.74. The molecule has 29 heavy (non-hydrogen) atoms. The zero-order valence-electron chi connectivity index (χ0n) is 17.9. The van der Waals surface area contributed by atoms with Gasteiger partial charge in [0.2, 0.25) is 0 Å². The molecule has 158 valence electrons. The van der Waals surface area contributed by atoms with Crippen LogP contribution < -0.4 is 19.5 Å². The van der Waals surface area contributed by atoms with Gasteiger partial charge in [-0.2, -0.15) is 5.10 Å². The van der Waals surface area contributed by atoms with E-state index in [0.717, 1.165) is 55.5 Å². The maximum atomic E-state index is 5.54. The average Bonchev–Trinajstić information content (AvgIpc) is 3.40. The number of ether oxygens (including phenoxy) is 3. The molecule has 1 N–H and O–H groups in total. The monoisotopic (exact) mass is 401 g/mol. The van der Waals surface area contributed by atoms with Crippen LogP contribution in [0.25, 0.3) is 0 Å². The number of aliphatic imine (C=N–C) groups is 1. The number of benzene rings is 1. The largest absolute Gasteiger partial charge is 0.496 e. The Kier molecular flexibility index (Phi) is 6.85. The summed E-state index contributed by atoms with van der Waals surface area (Å²) < 4.78 is 18.3. The molecule has 2 heterocycles. The summed E-state index contributed by atoms with van der Waals surface area (Å²) in [5.41, 5.74) is 2.30. The van der Waals surface area contributed by atoms with Crippen LogP contribution in [-0.4, -0.2) is 68.7 Å². The van der Waals surface area contributed by atoms with Gasteiger partial charge in [-0.3, -0.25) is 9.67 Å². The highest BCUT2D eigenvalue weighted by molar-refractivity contribution is 5.80. The highest BCUT2D eigenvalue weighted by Crippen LogP contribution is 2.34. The fraction of sp³-hybridized carbons (Fsp3) is 0.524. The Morgan fingerprint density at radius 2 is 1.93 bits per heavy atom. The number of likely N-dealkylation sites (tertiary alicyclic amines) is 1. The molecule has 1 aromatic carbocycles. The van der Waals surface area contributed by atoms with Crippen LogP contribution in [0.3, 0.4) is 0 Å². The predicted molar refractivity (Wildman–Crippen MR) is 113 cm³/mol. The van der Waals surface area contributed by atoms with Gasteiger partial charge in [-0.05, 0) is 18.4 Å². The Labute approximate surface area is 172 Å². The van der Waals surface area contributed by atoms with Crippen molar-refractivity contribution < 1.29 is 14.2 Å². The van der Waals surface area contributed by atoms with E-state index >= 15 is 0 Å². The summed E-state index contributed by atoms with van der Waals surface area (Å²) in [5.74, 6) is 3.64. The van der Waals surface area contributed by atoms with Crippen LogP contribution in [0.4, 0.5) is 0 Å². The molecule has 1 aromatic heterocycles. The number of rotatable bonds is 7. The lowest BCUT2D eigenvalue weighted by molar-refractivity contribution is 0.368. The van der Waals surface area contributed by atoms with Gasteiger partial charge in [0.25, 0.3) is 0 Å². The number of aromatic nitrogens is 2. The molecular formula is C21H31N5O3. The number of guanidine groups is 1. The summed E-state index contributed by atoms with van der Waals surface area (Å²) in [4.78, 5) is 6.78. The van der Waals surface area contributed by atoms with Crippen LogP contribution >= 0.6 is 0 Å². The predicted octanol–water partition coefficient (Wildman–Crippen LogP) is 2.05. The molecule has 0 amide bonds. The van der Waals surface area contributed by atoms with E-state index in [9.17, 15) is 0 Å². The van der Waals surface area contributed by atoms with Gasteiger partial charge in [-0.1, -0.05) is 0 Å². The van der Waals surface area contributed by atoms with Crippen LogP contribution in [0, 0.1) is 0 Å². The van der Waals surface area contributed by atoms with Crippen molar-refractivity contribution in [3.8, 4) is 17.2 Å². The van der Waals surface area contributed by atoms with E-state index < -0.39 is 0 Å². The third-order valence-electron chi connectivity index (χ3n) is 5.37. The van der Waals surface area contributed by atoms with Crippen LogP contribution in [0.2, 0.25) is 0 Å². The molecule has 1 fully saturated rings. The lowest BCUT2D eigenvalue weighted by atomic mass is 10.0. The summed E-state index contributed by atoms with van der Waals surface area (Å²) in [6.45, 7) is 2.65. The number of nitrogens with zero attached hydrogens (tertiary/aromatic N) is 4. The summed E-state index contributed by atoms with van der Waals surface area (Å²) in [5, 5.41) is 7.78. The van der Waals surface area contributed by atoms with Crippen LogP contribution in [0.1, 0.15) is 23.5 Å².